The van der Waals surface area contributed by atoms with Gasteiger partial charge in [-0.05, 0) is 40.5 Å². The SMILES string of the molecule is C/C(=N\C(=N)C#N)SCC(NC1CCN(C(=O)OC(C)(C)C)CC1)C(F)(F)F. The summed E-state index contributed by atoms with van der Waals surface area (Å²) in [4.78, 5) is 17.1. The number of ether oxygens (including phenoxy) is 1. The van der Waals surface area contributed by atoms with Gasteiger partial charge in [-0.1, -0.05) is 0 Å². The molecule has 1 unspecified atom stereocenters. The minimum Gasteiger partial charge on any atom is -0.444 e. The molecule has 0 aromatic carbocycles. The van der Waals surface area contributed by atoms with E-state index in [0.717, 1.165) is 11.8 Å². The summed E-state index contributed by atoms with van der Waals surface area (Å²) in [5, 5.41) is 18.5. The zero-order valence-electron chi connectivity index (χ0n) is 16.4. The van der Waals surface area contributed by atoms with E-state index in [2.05, 4.69) is 10.3 Å². The number of nitrogens with one attached hydrogen (secondary N) is 2. The van der Waals surface area contributed by atoms with Gasteiger partial charge < -0.3 is 15.0 Å². The molecule has 0 aliphatic carbocycles. The molecule has 0 spiro atoms. The molecule has 158 valence electrons. The van der Waals surface area contributed by atoms with Crippen LogP contribution in [0.1, 0.15) is 40.5 Å². The van der Waals surface area contributed by atoms with Crippen LogP contribution >= 0.6 is 11.8 Å². The Morgan fingerprint density at radius 3 is 2.43 bits per heavy atom. The van der Waals surface area contributed by atoms with Crippen LogP contribution in [-0.4, -0.2) is 64.6 Å². The van der Waals surface area contributed by atoms with Crippen molar-refractivity contribution in [3.8, 4) is 6.07 Å². The second-order valence-corrected chi connectivity index (χ2v) is 8.62. The summed E-state index contributed by atoms with van der Waals surface area (Å²) in [7, 11) is 0. The Kier molecular flexibility index (Phi) is 8.75. The standard InChI is InChI=1S/C17H26F3N5O2S/c1-11(23-14(22)9-21)28-10-13(17(18,19)20)24-12-5-7-25(8-6-12)15(26)27-16(2,3)4/h12-13,22,24H,5-8,10H2,1-4H3/b22-14?,23-11+. The van der Waals surface area contributed by atoms with Gasteiger partial charge in [-0.15, -0.1) is 11.8 Å². The van der Waals surface area contributed by atoms with Gasteiger partial charge in [0.05, 0.1) is 5.04 Å². The molecule has 0 saturated carbocycles. The van der Waals surface area contributed by atoms with Crippen LogP contribution in [0.5, 0.6) is 0 Å². The third-order valence-electron chi connectivity index (χ3n) is 3.81. The number of hydrogen-bond donors (Lipinski definition) is 2. The van der Waals surface area contributed by atoms with Gasteiger partial charge in [0.2, 0.25) is 5.84 Å². The lowest BCUT2D eigenvalue weighted by molar-refractivity contribution is -0.152. The first-order valence-electron chi connectivity index (χ1n) is 8.79. The monoisotopic (exact) mass is 421 g/mol. The average Bonchev–Trinajstić information content (AvgIpc) is 2.56. The summed E-state index contributed by atoms with van der Waals surface area (Å²) < 4.78 is 45.3. The van der Waals surface area contributed by atoms with Crippen LogP contribution in [0.25, 0.3) is 0 Å². The number of halogens is 3. The zero-order chi connectivity index (χ0) is 21.5. The van der Waals surface area contributed by atoms with E-state index in [1.807, 2.05) is 0 Å². The van der Waals surface area contributed by atoms with Crippen LogP contribution in [0.2, 0.25) is 0 Å². The Hall–Kier alpha value is -1.80. The second-order valence-electron chi connectivity index (χ2n) is 7.40. The maximum Gasteiger partial charge on any atom is 0.410 e. The molecule has 11 heteroatoms. The lowest BCUT2D eigenvalue weighted by atomic mass is 10.0. The van der Waals surface area contributed by atoms with Gasteiger partial charge in [0.15, 0.2) is 0 Å². The quantitative estimate of drug-likeness (QED) is 0.534. The number of aliphatic imine (C=N–C) groups is 1. The number of likely N-dealkylation sites (tertiary alicyclic amines) is 1. The van der Waals surface area contributed by atoms with Gasteiger partial charge in [0.25, 0.3) is 0 Å². The number of thioether (sulfide) groups is 1. The normalized spacial score (nSPS) is 17.8. The maximum absolute atomic E-state index is 13.4. The van der Waals surface area contributed by atoms with E-state index in [4.69, 9.17) is 15.4 Å². The zero-order valence-corrected chi connectivity index (χ0v) is 17.2. The molecule has 2 N–H and O–H groups in total. The van der Waals surface area contributed by atoms with E-state index in [1.54, 1.807) is 20.8 Å². The van der Waals surface area contributed by atoms with Crippen molar-refractivity contribution in [2.45, 2.75) is 64.4 Å². The molecule has 1 saturated heterocycles. The van der Waals surface area contributed by atoms with Crippen LogP contribution < -0.4 is 5.32 Å². The summed E-state index contributed by atoms with van der Waals surface area (Å²) in [6.45, 7) is 7.38. The number of hydrogen-bond acceptors (Lipinski definition) is 6. The Bertz CT molecular complexity index is 632. The first kappa shape index (κ1) is 24.2. The summed E-state index contributed by atoms with van der Waals surface area (Å²) in [5.41, 5.74) is -0.619. The fraction of sp³-hybridized carbons (Fsp3) is 0.765. The molecule has 0 radical (unpaired) electrons. The van der Waals surface area contributed by atoms with Crippen molar-refractivity contribution < 1.29 is 22.7 Å². The van der Waals surface area contributed by atoms with E-state index in [9.17, 15) is 18.0 Å². The smallest absolute Gasteiger partial charge is 0.410 e. The fourth-order valence-electron chi connectivity index (χ4n) is 2.50. The Morgan fingerprint density at radius 2 is 1.96 bits per heavy atom. The molecule has 1 amide bonds. The molecule has 0 bridgehead atoms. The van der Waals surface area contributed by atoms with Crippen LogP contribution in [-0.2, 0) is 4.74 Å². The molecule has 1 fully saturated rings. The third-order valence-corrected chi connectivity index (χ3v) is 4.82. The third kappa shape index (κ3) is 8.93. The first-order chi connectivity index (χ1) is 12.8. The Balaban J connectivity index is 2.58. The van der Waals surface area contributed by atoms with Gasteiger partial charge in [0, 0.05) is 24.9 Å². The minimum atomic E-state index is -4.45. The Morgan fingerprint density at radius 1 is 1.39 bits per heavy atom. The lowest BCUT2D eigenvalue weighted by Crippen LogP contribution is -2.53. The number of alkyl halides is 3. The van der Waals surface area contributed by atoms with Crippen molar-refractivity contribution in [3.05, 3.63) is 0 Å². The molecular weight excluding hydrogens is 395 g/mol. The molecule has 1 aliphatic rings. The van der Waals surface area contributed by atoms with Crippen molar-refractivity contribution in [1.82, 2.24) is 10.2 Å². The lowest BCUT2D eigenvalue weighted by Gasteiger charge is -2.35. The highest BCUT2D eigenvalue weighted by atomic mass is 32.2. The van der Waals surface area contributed by atoms with Crippen LogP contribution in [0.15, 0.2) is 4.99 Å². The van der Waals surface area contributed by atoms with Gasteiger partial charge >= 0.3 is 12.3 Å². The predicted octanol–water partition coefficient (Wildman–Crippen LogP) is 3.56. The molecular formula is C17H26F3N5O2S. The Labute approximate surface area is 167 Å². The summed E-state index contributed by atoms with van der Waals surface area (Å²) >= 11 is 0.846. The number of amidine groups is 1. The molecule has 1 rings (SSSR count). The highest BCUT2D eigenvalue weighted by Crippen LogP contribution is 2.26. The number of carbonyl (C=O) groups is 1. The van der Waals surface area contributed by atoms with Crippen LogP contribution in [0.4, 0.5) is 18.0 Å². The topological polar surface area (TPSA) is 102 Å². The maximum atomic E-state index is 13.4. The van der Waals surface area contributed by atoms with E-state index >= 15 is 0 Å². The summed E-state index contributed by atoms with van der Waals surface area (Å²) in [5.74, 6) is -0.861. The van der Waals surface area contributed by atoms with Crippen molar-refractivity contribution in [2.24, 2.45) is 4.99 Å². The van der Waals surface area contributed by atoms with Crippen molar-refractivity contribution in [1.29, 1.82) is 10.7 Å². The number of piperidine rings is 1. The number of rotatable bonds is 4. The highest BCUT2D eigenvalue weighted by molar-refractivity contribution is 8.13. The highest BCUT2D eigenvalue weighted by Gasteiger charge is 2.41. The van der Waals surface area contributed by atoms with Crippen molar-refractivity contribution >= 4 is 28.7 Å². The van der Waals surface area contributed by atoms with E-state index in [1.165, 1.54) is 17.9 Å². The summed E-state index contributed by atoms with van der Waals surface area (Å²) in [6.07, 6.45) is -4.12. The second kappa shape index (κ2) is 10.1. The summed E-state index contributed by atoms with van der Waals surface area (Å²) in [6, 6.07) is -0.618. The molecule has 28 heavy (non-hydrogen) atoms. The number of carbonyl (C=O) groups excluding carboxylic acids is 1. The molecule has 1 heterocycles. The van der Waals surface area contributed by atoms with Crippen LogP contribution in [0.3, 0.4) is 0 Å². The van der Waals surface area contributed by atoms with Gasteiger partial charge in [-0.2, -0.15) is 18.4 Å². The average molecular weight is 421 g/mol. The predicted molar refractivity (Wildman–Crippen MR) is 103 cm³/mol. The molecule has 1 aliphatic heterocycles. The minimum absolute atomic E-state index is 0.224. The molecule has 7 nitrogen and oxygen atoms in total. The number of amides is 1. The van der Waals surface area contributed by atoms with E-state index < -0.39 is 29.7 Å². The molecule has 0 aromatic rings. The van der Waals surface area contributed by atoms with Crippen LogP contribution in [0, 0.1) is 16.7 Å². The van der Waals surface area contributed by atoms with Gasteiger partial charge in [-0.3, -0.25) is 5.41 Å². The number of nitrogens with zero attached hydrogens (tertiary/aromatic N) is 3. The molecule has 0 aromatic heterocycles. The van der Waals surface area contributed by atoms with E-state index in [0.29, 0.717) is 25.9 Å². The van der Waals surface area contributed by atoms with Crippen molar-refractivity contribution in [2.75, 3.05) is 18.8 Å². The van der Waals surface area contributed by atoms with Crippen molar-refractivity contribution in [3.63, 3.8) is 0 Å². The largest absolute Gasteiger partial charge is 0.444 e. The van der Waals surface area contributed by atoms with E-state index in [-0.39, 0.29) is 16.8 Å². The van der Waals surface area contributed by atoms with Gasteiger partial charge in [0.1, 0.15) is 17.7 Å². The van der Waals surface area contributed by atoms with Gasteiger partial charge in [-0.25, -0.2) is 9.79 Å². The fourth-order valence-corrected chi connectivity index (χ4v) is 3.34. The number of nitriles is 1. The first-order valence-corrected chi connectivity index (χ1v) is 9.78. The molecule has 1 atom stereocenters.